The van der Waals surface area contributed by atoms with Crippen LogP contribution in [-0.4, -0.2) is 34.2 Å². The van der Waals surface area contributed by atoms with E-state index in [1.54, 1.807) is 6.92 Å². The first-order valence-electron chi connectivity index (χ1n) is 4.11. The first-order valence-corrected chi connectivity index (χ1v) is 4.11. The van der Waals surface area contributed by atoms with Crippen LogP contribution in [0.2, 0.25) is 0 Å². The molecule has 72 valence electrons. The fourth-order valence-electron chi connectivity index (χ4n) is 0.827. The lowest BCUT2D eigenvalue weighted by Crippen LogP contribution is -2.26. The summed E-state index contributed by atoms with van der Waals surface area (Å²) >= 11 is 0. The molecule has 0 aliphatic heterocycles. The number of nitrogens with one attached hydrogen (secondary N) is 2. The summed E-state index contributed by atoms with van der Waals surface area (Å²) in [7, 11) is 0. The van der Waals surface area contributed by atoms with E-state index < -0.39 is 0 Å². The number of nitrogens with two attached hydrogens (primary N) is 1. The van der Waals surface area contributed by atoms with Gasteiger partial charge in [-0.1, -0.05) is 0 Å². The highest BCUT2D eigenvalue weighted by atomic mass is 16.2. The molecule has 0 bridgehead atoms. The largest absolute Gasteiger partial charge is 0.349 e. The normalized spacial score (nSPS) is 10.0. The van der Waals surface area contributed by atoms with Gasteiger partial charge in [-0.2, -0.15) is 0 Å². The van der Waals surface area contributed by atoms with Crippen LogP contribution >= 0.6 is 0 Å². The molecule has 6 nitrogen and oxygen atoms in total. The van der Waals surface area contributed by atoms with Crippen LogP contribution in [0.3, 0.4) is 0 Å². The number of nitrogens with zero attached hydrogens (tertiary/aromatic N) is 2. The fourth-order valence-corrected chi connectivity index (χ4v) is 0.827. The highest BCUT2D eigenvalue weighted by molar-refractivity contribution is 5.90. The SMILES string of the molecule is Cc1nc(C(=O)NCCCN)n[nH]1. The van der Waals surface area contributed by atoms with Crippen LogP contribution in [0.15, 0.2) is 0 Å². The Bertz CT molecular complexity index is 282. The summed E-state index contributed by atoms with van der Waals surface area (Å²) < 4.78 is 0. The average Bonchev–Trinajstić information content (AvgIpc) is 2.52. The number of aromatic nitrogens is 3. The van der Waals surface area contributed by atoms with Crippen molar-refractivity contribution in [3.05, 3.63) is 11.6 Å². The third-order valence-electron chi connectivity index (χ3n) is 1.47. The first kappa shape index (κ1) is 9.66. The Kier molecular flexibility index (Phi) is 3.39. The van der Waals surface area contributed by atoms with Crippen molar-refractivity contribution in [2.45, 2.75) is 13.3 Å². The number of rotatable bonds is 4. The van der Waals surface area contributed by atoms with Crippen LogP contribution in [0, 0.1) is 6.92 Å². The predicted molar refractivity (Wildman–Crippen MR) is 47.1 cm³/mol. The Labute approximate surface area is 75.9 Å². The molecule has 13 heavy (non-hydrogen) atoms. The number of hydrogen-bond acceptors (Lipinski definition) is 4. The molecule has 0 radical (unpaired) electrons. The second-order valence-electron chi connectivity index (χ2n) is 2.64. The summed E-state index contributed by atoms with van der Waals surface area (Å²) in [6, 6.07) is 0. The highest BCUT2D eigenvalue weighted by Gasteiger charge is 2.09. The Morgan fingerprint density at radius 2 is 2.46 bits per heavy atom. The van der Waals surface area contributed by atoms with Crippen LogP contribution in [0.4, 0.5) is 0 Å². The molecule has 0 unspecified atom stereocenters. The molecule has 1 amide bonds. The Balaban J connectivity index is 2.40. The van der Waals surface area contributed by atoms with E-state index in [-0.39, 0.29) is 11.7 Å². The van der Waals surface area contributed by atoms with Crippen molar-refractivity contribution in [3.63, 3.8) is 0 Å². The Morgan fingerprint density at radius 1 is 1.69 bits per heavy atom. The number of hydrogen-bond donors (Lipinski definition) is 3. The molecule has 6 heteroatoms. The van der Waals surface area contributed by atoms with E-state index in [2.05, 4.69) is 20.5 Å². The third-order valence-corrected chi connectivity index (χ3v) is 1.47. The predicted octanol–water partition coefficient (Wildman–Crippen LogP) is -0.808. The lowest BCUT2D eigenvalue weighted by atomic mass is 10.4. The minimum Gasteiger partial charge on any atom is -0.349 e. The molecule has 1 aromatic heterocycles. The second kappa shape index (κ2) is 4.56. The standard InChI is InChI=1S/C7H13N5O/c1-5-10-6(12-11-5)7(13)9-4-2-3-8/h2-4,8H2,1H3,(H,9,13)(H,10,11,12). The minimum atomic E-state index is -0.266. The lowest BCUT2D eigenvalue weighted by molar-refractivity contribution is 0.0943. The van der Waals surface area contributed by atoms with E-state index in [0.717, 1.165) is 6.42 Å². The third kappa shape index (κ3) is 2.83. The summed E-state index contributed by atoms with van der Waals surface area (Å²) in [6.07, 6.45) is 0.759. The van der Waals surface area contributed by atoms with Gasteiger partial charge < -0.3 is 11.1 Å². The van der Waals surface area contributed by atoms with Gasteiger partial charge in [0.2, 0.25) is 5.82 Å². The zero-order valence-corrected chi connectivity index (χ0v) is 7.50. The van der Waals surface area contributed by atoms with Gasteiger partial charge in [0.05, 0.1) is 0 Å². The van der Waals surface area contributed by atoms with Gasteiger partial charge in [0.15, 0.2) is 0 Å². The van der Waals surface area contributed by atoms with Crippen LogP contribution in [0.5, 0.6) is 0 Å². The van der Waals surface area contributed by atoms with Crippen LogP contribution in [-0.2, 0) is 0 Å². The van der Waals surface area contributed by atoms with Gasteiger partial charge in [0, 0.05) is 6.54 Å². The van der Waals surface area contributed by atoms with Crippen molar-refractivity contribution >= 4 is 5.91 Å². The van der Waals surface area contributed by atoms with E-state index in [1.807, 2.05) is 0 Å². The molecule has 1 aromatic rings. The lowest BCUT2D eigenvalue weighted by Gasteiger charge is -1.98. The van der Waals surface area contributed by atoms with E-state index in [0.29, 0.717) is 18.9 Å². The number of amides is 1. The fraction of sp³-hybridized carbons (Fsp3) is 0.571. The van der Waals surface area contributed by atoms with E-state index in [4.69, 9.17) is 5.73 Å². The number of carbonyl (C=O) groups is 1. The molecular weight excluding hydrogens is 170 g/mol. The number of carbonyl (C=O) groups excluding carboxylic acids is 1. The molecule has 4 N–H and O–H groups in total. The highest BCUT2D eigenvalue weighted by Crippen LogP contribution is 1.89. The maximum absolute atomic E-state index is 11.2. The van der Waals surface area contributed by atoms with Gasteiger partial charge in [0.25, 0.3) is 5.91 Å². The van der Waals surface area contributed by atoms with Gasteiger partial charge >= 0.3 is 0 Å². The number of H-pyrrole nitrogens is 1. The quantitative estimate of drug-likeness (QED) is 0.532. The van der Waals surface area contributed by atoms with Crippen LogP contribution in [0.1, 0.15) is 22.9 Å². The van der Waals surface area contributed by atoms with Crippen molar-refractivity contribution in [1.82, 2.24) is 20.5 Å². The molecule has 0 saturated heterocycles. The van der Waals surface area contributed by atoms with Crippen molar-refractivity contribution in [1.29, 1.82) is 0 Å². The zero-order chi connectivity index (χ0) is 9.68. The van der Waals surface area contributed by atoms with Gasteiger partial charge in [0.1, 0.15) is 5.82 Å². The van der Waals surface area contributed by atoms with Crippen molar-refractivity contribution < 1.29 is 4.79 Å². The smallest absolute Gasteiger partial charge is 0.290 e. The maximum atomic E-state index is 11.2. The summed E-state index contributed by atoms with van der Waals surface area (Å²) in [4.78, 5) is 15.1. The van der Waals surface area contributed by atoms with E-state index in [9.17, 15) is 4.79 Å². The molecule has 0 spiro atoms. The Morgan fingerprint density at radius 3 is 3.00 bits per heavy atom. The van der Waals surface area contributed by atoms with E-state index in [1.165, 1.54) is 0 Å². The topological polar surface area (TPSA) is 96.7 Å². The first-order chi connectivity index (χ1) is 6.24. The molecule has 0 atom stereocenters. The molecule has 1 heterocycles. The Hall–Kier alpha value is -1.43. The molecule has 0 aliphatic carbocycles. The van der Waals surface area contributed by atoms with Crippen molar-refractivity contribution in [2.75, 3.05) is 13.1 Å². The van der Waals surface area contributed by atoms with E-state index >= 15 is 0 Å². The number of aromatic amines is 1. The molecule has 0 aliphatic rings. The molecule has 1 rings (SSSR count). The molecule has 0 fully saturated rings. The zero-order valence-electron chi connectivity index (χ0n) is 7.50. The number of aryl methyl sites for hydroxylation is 1. The van der Waals surface area contributed by atoms with Crippen LogP contribution in [0.25, 0.3) is 0 Å². The van der Waals surface area contributed by atoms with Gasteiger partial charge in [-0.3, -0.25) is 9.89 Å². The summed E-state index contributed by atoms with van der Waals surface area (Å²) in [5.74, 6) is 0.538. The van der Waals surface area contributed by atoms with Crippen molar-refractivity contribution in [2.24, 2.45) is 5.73 Å². The average molecular weight is 183 g/mol. The summed E-state index contributed by atoms with van der Waals surface area (Å²) in [5, 5.41) is 8.96. The minimum absolute atomic E-state index is 0.175. The second-order valence-corrected chi connectivity index (χ2v) is 2.64. The van der Waals surface area contributed by atoms with Gasteiger partial charge in [-0.05, 0) is 19.9 Å². The van der Waals surface area contributed by atoms with Crippen LogP contribution < -0.4 is 11.1 Å². The monoisotopic (exact) mass is 183 g/mol. The molecule has 0 saturated carbocycles. The summed E-state index contributed by atoms with van der Waals surface area (Å²) in [6.45, 7) is 2.86. The molecular formula is C7H13N5O. The van der Waals surface area contributed by atoms with Crippen molar-refractivity contribution in [3.8, 4) is 0 Å². The maximum Gasteiger partial charge on any atom is 0.290 e. The summed E-state index contributed by atoms with van der Waals surface area (Å²) in [5.41, 5.74) is 5.27. The molecule has 0 aromatic carbocycles. The van der Waals surface area contributed by atoms with Gasteiger partial charge in [-0.25, -0.2) is 4.98 Å². The van der Waals surface area contributed by atoms with Gasteiger partial charge in [-0.15, -0.1) is 5.10 Å².